The Bertz CT molecular complexity index is 276. The molecular weight excluding hydrogens is 198 g/mol. The molecule has 0 aromatic carbocycles. The second kappa shape index (κ2) is 7.47. The van der Waals surface area contributed by atoms with Crippen LogP contribution in [0.3, 0.4) is 0 Å². The van der Waals surface area contributed by atoms with Gasteiger partial charge < -0.3 is 14.8 Å². The molecule has 0 unspecified atom stereocenters. The fourth-order valence-electron chi connectivity index (χ4n) is 1.80. The molecule has 1 N–H and O–H groups in total. The van der Waals surface area contributed by atoms with E-state index in [-0.39, 0.29) is 0 Å². The first kappa shape index (κ1) is 13.3. The average molecular weight is 223 g/mol. The summed E-state index contributed by atoms with van der Waals surface area (Å²) in [5.74, 6) is 0. The van der Waals surface area contributed by atoms with Crippen molar-refractivity contribution in [2.24, 2.45) is 0 Å². The summed E-state index contributed by atoms with van der Waals surface area (Å²) in [5.41, 5.74) is 1.38. The van der Waals surface area contributed by atoms with Crippen molar-refractivity contribution in [3.05, 3.63) is 24.0 Å². The van der Waals surface area contributed by atoms with Crippen molar-refractivity contribution in [2.45, 2.75) is 33.9 Å². The summed E-state index contributed by atoms with van der Waals surface area (Å²) < 4.78 is 2.28. The number of nitrogens with zero attached hydrogens (tertiary/aromatic N) is 2. The van der Waals surface area contributed by atoms with Gasteiger partial charge in [-0.15, -0.1) is 0 Å². The summed E-state index contributed by atoms with van der Waals surface area (Å²) >= 11 is 0. The van der Waals surface area contributed by atoms with Gasteiger partial charge in [0.05, 0.1) is 0 Å². The van der Waals surface area contributed by atoms with Crippen molar-refractivity contribution < 1.29 is 0 Å². The maximum Gasteiger partial charge on any atom is 0.0347 e. The minimum absolute atomic E-state index is 0.981. The van der Waals surface area contributed by atoms with E-state index in [0.717, 1.165) is 39.3 Å². The zero-order chi connectivity index (χ0) is 11.8. The molecule has 0 aliphatic carbocycles. The Morgan fingerprint density at radius 1 is 1.25 bits per heavy atom. The van der Waals surface area contributed by atoms with Gasteiger partial charge in [0.15, 0.2) is 0 Å². The topological polar surface area (TPSA) is 20.2 Å². The van der Waals surface area contributed by atoms with Crippen molar-refractivity contribution in [1.82, 2.24) is 14.8 Å². The highest BCUT2D eigenvalue weighted by atomic mass is 15.1. The maximum atomic E-state index is 3.34. The Morgan fingerprint density at radius 3 is 2.62 bits per heavy atom. The molecule has 1 aromatic heterocycles. The lowest BCUT2D eigenvalue weighted by atomic mass is 10.3. The maximum absolute atomic E-state index is 3.34. The third-order valence-corrected chi connectivity index (χ3v) is 2.96. The van der Waals surface area contributed by atoms with Crippen LogP contribution in [0.2, 0.25) is 0 Å². The first-order chi connectivity index (χ1) is 7.80. The zero-order valence-electron chi connectivity index (χ0n) is 10.9. The van der Waals surface area contributed by atoms with Crippen molar-refractivity contribution in [3.8, 4) is 0 Å². The third-order valence-electron chi connectivity index (χ3n) is 2.96. The average Bonchev–Trinajstić information content (AvgIpc) is 2.76. The van der Waals surface area contributed by atoms with Crippen LogP contribution in [0.25, 0.3) is 0 Å². The lowest BCUT2D eigenvalue weighted by Gasteiger charge is -2.17. The summed E-state index contributed by atoms with van der Waals surface area (Å²) in [6, 6.07) is 2.20. The quantitative estimate of drug-likeness (QED) is 0.727. The number of hydrogen-bond donors (Lipinski definition) is 1. The molecule has 3 heteroatoms. The van der Waals surface area contributed by atoms with Gasteiger partial charge in [-0.05, 0) is 31.3 Å². The molecule has 0 aliphatic rings. The standard InChI is InChI=1S/C13H25N3/c1-4-14-11-13-7-8-16(12-13)10-9-15(5-2)6-3/h7-8,12,14H,4-6,9-11H2,1-3H3. The molecule has 3 nitrogen and oxygen atoms in total. The van der Waals surface area contributed by atoms with Crippen LogP contribution in [0.15, 0.2) is 18.5 Å². The van der Waals surface area contributed by atoms with Gasteiger partial charge in [0.1, 0.15) is 0 Å². The Hall–Kier alpha value is -0.800. The Kier molecular flexibility index (Phi) is 6.19. The second-order valence-corrected chi connectivity index (χ2v) is 4.06. The molecule has 1 heterocycles. The molecule has 0 saturated heterocycles. The summed E-state index contributed by atoms with van der Waals surface area (Å²) in [7, 11) is 0. The first-order valence-electron chi connectivity index (χ1n) is 6.37. The summed E-state index contributed by atoms with van der Waals surface area (Å²) in [6.07, 6.45) is 4.42. The molecule has 0 fully saturated rings. The van der Waals surface area contributed by atoms with Crippen LogP contribution in [-0.4, -0.2) is 35.6 Å². The highest BCUT2D eigenvalue weighted by Gasteiger charge is 2.00. The van der Waals surface area contributed by atoms with Crippen LogP contribution in [0.5, 0.6) is 0 Å². The van der Waals surface area contributed by atoms with E-state index in [4.69, 9.17) is 0 Å². The predicted molar refractivity (Wildman–Crippen MR) is 69.6 cm³/mol. The van der Waals surface area contributed by atoms with Gasteiger partial charge in [0, 0.05) is 32.0 Å². The van der Waals surface area contributed by atoms with Gasteiger partial charge in [-0.1, -0.05) is 20.8 Å². The number of hydrogen-bond acceptors (Lipinski definition) is 2. The van der Waals surface area contributed by atoms with Crippen LogP contribution < -0.4 is 5.32 Å². The minimum Gasteiger partial charge on any atom is -0.353 e. The predicted octanol–water partition coefficient (Wildman–Crippen LogP) is 1.94. The van der Waals surface area contributed by atoms with Crippen LogP contribution in [0.1, 0.15) is 26.3 Å². The second-order valence-electron chi connectivity index (χ2n) is 4.06. The first-order valence-corrected chi connectivity index (χ1v) is 6.37. The van der Waals surface area contributed by atoms with E-state index < -0.39 is 0 Å². The minimum atomic E-state index is 0.981. The van der Waals surface area contributed by atoms with Crippen LogP contribution in [0, 0.1) is 0 Å². The summed E-state index contributed by atoms with van der Waals surface area (Å²) in [5, 5.41) is 3.34. The van der Waals surface area contributed by atoms with Gasteiger partial charge in [0.2, 0.25) is 0 Å². The number of rotatable bonds is 8. The van der Waals surface area contributed by atoms with E-state index in [1.807, 2.05) is 0 Å². The van der Waals surface area contributed by atoms with Crippen molar-refractivity contribution in [3.63, 3.8) is 0 Å². The lowest BCUT2D eigenvalue weighted by Crippen LogP contribution is -2.26. The van der Waals surface area contributed by atoms with Crippen molar-refractivity contribution in [1.29, 1.82) is 0 Å². The van der Waals surface area contributed by atoms with E-state index in [9.17, 15) is 0 Å². The highest BCUT2D eigenvalue weighted by molar-refractivity contribution is 5.09. The van der Waals surface area contributed by atoms with E-state index in [1.165, 1.54) is 5.56 Å². The van der Waals surface area contributed by atoms with Gasteiger partial charge in [-0.25, -0.2) is 0 Å². The third kappa shape index (κ3) is 4.37. The van der Waals surface area contributed by atoms with Crippen LogP contribution in [-0.2, 0) is 13.1 Å². The largest absolute Gasteiger partial charge is 0.353 e. The number of likely N-dealkylation sites (N-methyl/N-ethyl adjacent to an activating group) is 1. The lowest BCUT2D eigenvalue weighted by molar-refractivity contribution is 0.290. The molecule has 0 radical (unpaired) electrons. The molecule has 0 saturated carbocycles. The Labute approximate surface area is 99.4 Å². The molecule has 92 valence electrons. The molecule has 16 heavy (non-hydrogen) atoms. The van der Waals surface area contributed by atoms with E-state index in [1.54, 1.807) is 0 Å². The van der Waals surface area contributed by atoms with E-state index in [2.05, 4.69) is 54.0 Å². The molecule has 1 rings (SSSR count). The SMILES string of the molecule is CCNCc1ccn(CCN(CC)CC)c1. The summed E-state index contributed by atoms with van der Waals surface area (Å²) in [4.78, 5) is 2.45. The van der Waals surface area contributed by atoms with Crippen molar-refractivity contribution >= 4 is 0 Å². The Balaban J connectivity index is 2.33. The van der Waals surface area contributed by atoms with E-state index >= 15 is 0 Å². The smallest absolute Gasteiger partial charge is 0.0347 e. The van der Waals surface area contributed by atoms with Crippen LogP contribution >= 0.6 is 0 Å². The monoisotopic (exact) mass is 223 g/mol. The molecule has 0 aliphatic heterocycles. The van der Waals surface area contributed by atoms with Gasteiger partial charge in [-0.2, -0.15) is 0 Å². The van der Waals surface area contributed by atoms with Gasteiger partial charge >= 0.3 is 0 Å². The normalized spacial score (nSPS) is 11.2. The highest BCUT2D eigenvalue weighted by Crippen LogP contribution is 2.01. The Morgan fingerprint density at radius 2 is 2.00 bits per heavy atom. The molecule has 0 bridgehead atoms. The zero-order valence-corrected chi connectivity index (χ0v) is 10.9. The number of aromatic nitrogens is 1. The van der Waals surface area contributed by atoms with Gasteiger partial charge in [0.25, 0.3) is 0 Å². The molecule has 0 atom stereocenters. The fraction of sp³-hybridized carbons (Fsp3) is 0.692. The fourth-order valence-corrected chi connectivity index (χ4v) is 1.80. The molecular formula is C13H25N3. The molecule has 0 amide bonds. The summed E-state index contributed by atoms with van der Waals surface area (Å²) in [6.45, 7) is 13.1. The molecule has 1 aromatic rings. The number of nitrogens with one attached hydrogen (secondary N) is 1. The van der Waals surface area contributed by atoms with E-state index in [0.29, 0.717) is 0 Å². The molecule has 0 spiro atoms. The van der Waals surface area contributed by atoms with Crippen molar-refractivity contribution in [2.75, 3.05) is 26.2 Å². The van der Waals surface area contributed by atoms with Crippen LogP contribution in [0.4, 0.5) is 0 Å². The van der Waals surface area contributed by atoms with Gasteiger partial charge in [-0.3, -0.25) is 0 Å².